The first-order chi connectivity index (χ1) is 6.16. The molecule has 3 heteroatoms. The van der Waals surface area contributed by atoms with Gasteiger partial charge in [-0.25, -0.2) is 0 Å². The molecule has 1 fully saturated rings. The van der Waals surface area contributed by atoms with Gasteiger partial charge < -0.3 is 11.1 Å². The predicted molar refractivity (Wildman–Crippen MR) is 53.2 cm³/mol. The molecule has 0 radical (unpaired) electrons. The molecular weight excluding hydrogens is 164 g/mol. The van der Waals surface area contributed by atoms with Crippen molar-refractivity contribution < 1.29 is 4.79 Å². The number of rotatable bonds is 4. The van der Waals surface area contributed by atoms with Crippen LogP contribution < -0.4 is 11.1 Å². The van der Waals surface area contributed by atoms with Gasteiger partial charge in [0.15, 0.2) is 0 Å². The first kappa shape index (κ1) is 10.5. The van der Waals surface area contributed by atoms with Crippen LogP contribution in [0.25, 0.3) is 0 Å². The Bertz CT molecular complexity index is 185. The Labute approximate surface area is 80.1 Å². The van der Waals surface area contributed by atoms with Gasteiger partial charge in [-0.15, -0.1) is 0 Å². The lowest BCUT2D eigenvalue weighted by atomic mass is 9.75. The van der Waals surface area contributed by atoms with Gasteiger partial charge in [0, 0.05) is 12.0 Å². The summed E-state index contributed by atoms with van der Waals surface area (Å²) in [5.74, 6) is 0.0295. The summed E-state index contributed by atoms with van der Waals surface area (Å²) in [7, 11) is 0. The first-order valence-corrected chi connectivity index (χ1v) is 5.19. The second-order valence-electron chi connectivity index (χ2n) is 4.06. The summed E-state index contributed by atoms with van der Waals surface area (Å²) in [6.45, 7) is 5.06. The number of nitrogens with two attached hydrogens (primary N) is 1. The van der Waals surface area contributed by atoms with Crippen molar-refractivity contribution in [1.82, 2.24) is 5.32 Å². The third kappa shape index (κ3) is 1.85. The quantitative estimate of drug-likeness (QED) is 0.685. The minimum absolute atomic E-state index is 0.0295. The van der Waals surface area contributed by atoms with Gasteiger partial charge in [0.2, 0.25) is 5.91 Å². The van der Waals surface area contributed by atoms with Crippen molar-refractivity contribution >= 4 is 5.91 Å². The van der Waals surface area contributed by atoms with E-state index in [4.69, 9.17) is 5.73 Å². The van der Waals surface area contributed by atoms with Crippen LogP contribution >= 0.6 is 0 Å². The molecule has 1 amide bonds. The predicted octanol–water partition coefficient (Wildman–Crippen LogP) is 1.03. The van der Waals surface area contributed by atoms with E-state index >= 15 is 0 Å². The van der Waals surface area contributed by atoms with Gasteiger partial charge in [-0.2, -0.15) is 0 Å². The second-order valence-corrected chi connectivity index (χ2v) is 4.06. The van der Waals surface area contributed by atoms with E-state index in [9.17, 15) is 4.79 Å². The van der Waals surface area contributed by atoms with Gasteiger partial charge in [0.05, 0.1) is 6.04 Å². The van der Waals surface area contributed by atoms with Crippen LogP contribution in [-0.2, 0) is 4.79 Å². The van der Waals surface area contributed by atoms with Crippen molar-refractivity contribution in [3.8, 4) is 0 Å². The normalized spacial score (nSPS) is 26.1. The average molecular weight is 184 g/mol. The second kappa shape index (κ2) is 4.09. The average Bonchev–Trinajstić information content (AvgIpc) is 2.36. The summed E-state index contributed by atoms with van der Waals surface area (Å²) < 4.78 is 0. The van der Waals surface area contributed by atoms with Crippen molar-refractivity contribution in [3.05, 3.63) is 0 Å². The van der Waals surface area contributed by atoms with Gasteiger partial charge in [0.25, 0.3) is 0 Å². The van der Waals surface area contributed by atoms with Crippen LogP contribution in [0.4, 0.5) is 0 Å². The number of hydrogen-bond acceptors (Lipinski definition) is 2. The molecule has 0 aromatic carbocycles. The van der Waals surface area contributed by atoms with Crippen LogP contribution in [0.2, 0.25) is 0 Å². The number of carbonyl (C=O) groups is 1. The first-order valence-electron chi connectivity index (χ1n) is 5.19. The summed E-state index contributed by atoms with van der Waals surface area (Å²) in [6.07, 6.45) is 4.31. The zero-order chi connectivity index (χ0) is 9.90. The fourth-order valence-electron chi connectivity index (χ4n) is 2.37. The fraction of sp³-hybridized carbons (Fsp3) is 0.900. The Hall–Kier alpha value is -0.570. The number of amides is 1. The van der Waals surface area contributed by atoms with Crippen molar-refractivity contribution in [2.75, 3.05) is 6.54 Å². The Morgan fingerprint density at radius 2 is 2.00 bits per heavy atom. The molecule has 1 aliphatic heterocycles. The van der Waals surface area contributed by atoms with Gasteiger partial charge in [-0.3, -0.25) is 4.79 Å². The van der Waals surface area contributed by atoms with Gasteiger partial charge in [0.1, 0.15) is 0 Å². The van der Waals surface area contributed by atoms with Crippen LogP contribution in [0.15, 0.2) is 0 Å². The van der Waals surface area contributed by atoms with Crippen LogP contribution in [0.1, 0.15) is 39.5 Å². The van der Waals surface area contributed by atoms with Gasteiger partial charge in [-0.05, 0) is 12.8 Å². The highest BCUT2D eigenvalue weighted by Gasteiger charge is 2.44. The molecule has 1 unspecified atom stereocenters. The van der Waals surface area contributed by atoms with Crippen molar-refractivity contribution in [2.24, 2.45) is 11.1 Å². The lowest BCUT2D eigenvalue weighted by Gasteiger charge is -2.30. The third-order valence-corrected chi connectivity index (χ3v) is 3.05. The number of carbonyl (C=O) groups excluding carboxylic acids is 1. The molecule has 76 valence electrons. The molecule has 1 heterocycles. The highest BCUT2D eigenvalue weighted by Crippen LogP contribution is 2.35. The monoisotopic (exact) mass is 184 g/mol. The highest BCUT2D eigenvalue weighted by atomic mass is 16.2. The van der Waals surface area contributed by atoms with Crippen LogP contribution in [0.3, 0.4) is 0 Å². The van der Waals surface area contributed by atoms with Gasteiger partial charge in [-0.1, -0.05) is 26.7 Å². The molecule has 3 nitrogen and oxygen atoms in total. The minimum atomic E-state index is -0.285. The molecule has 13 heavy (non-hydrogen) atoms. The molecule has 1 aliphatic rings. The van der Waals surface area contributed by atoms with E-state index in [1.807, 2.05) is 0 Å². The topological polar surface area (TPSA) is 55.1 Å². The molecule has 1 atom stereocenters. The van der Waals surface area contributed by atoms with Crippen LogP contribution in [0.5, 0.6) is 0 Å². The summed E-state index contributed by atoms with van der Waals surface area (Å²) in [4.78, 5) is 11.3. The van der Waals surface area contributed by atoms with Crippen LogP contribution in [-0.4, -0.2) is 18.5 Å². The maximum absolute atomic E-state index is 11.3. The summed E-state index contributed by atoms with van der Waals surface area (Å²) in [5, 5.41) is 2.87. The van der Waals surface area contributed by atoms with Crippen LogP contribution in [0, 0.1) is 5.41 Å². The van der Waals surface area contributed by atoms with Crippen molar-refractivity contribution in [3.63, 3.8) is 0 Å². The lowest BCUT2D eigenvalue weighted by Crippen LogP contribution is -2.42. The molecule has 1 rings (SSSR count). The molecule has 0 saturated carbocycles. The molecule has 3 N–H and O–H groups in total. The van der Waals surface area contributed by atoms with Crippen molar-refractivity contribution in [2.45, 2.75) is 45.6 Å². The van der Waals surface area contributed by atoms with Gasteiger partial charge >= 0.3 is 0 Å². The maximum atomic E-state index is 11.3. The van der Waals surface area contributed by atoms with E-state index in [1.165, 1.54) is 0 Å². The molecule has 1 saturated heterocycles. The smallest absolute Gasteiger partial charge is 0.237 e. The number of hydrogen-bond donors (Lipinski definition) is 2. The highest BCUT2D eigenvalue weighted by molar-refractivity contribution is 5.85. The molecule has 0 aromatic heterocycles. The van der Waals surface area contributed by atoms with E-state index < -0.39 is 0 Å². The Kier molecular flexibility index (Phi) is 3.31. The van der Waals surface area contributed by atoms with E-state index in [1.54, 1.807) is 0 Å². The minimum Gasteiger partial charge on any atom is -0.354 e. The standard InChI is InChI=1S/C10H20N2O/c1-3-5-10(6-4-2)7-12-9(13)8(10)11/h8H,3-7,11H2,1-2H3,(H,12,13). The lowest BCUT2D eigenvalue weighted by molar-refractivity contribution is -0.121. The largest absolute Gasteiger partial charge is 0.354 e. The SMILES string of the molecule is CCCC1(CCC)CNC(=O)C1N. The summed E-state index contributed by atoms with van der Waals surface area (Å²) >= 11 is 0. The zero-order valence-electron chi connectivity index (χ0n) is 8.60. The van der Waals surface area contributed by atoms with E-state index in [0.717, 1.165) is 32.2 Å². The fourth-order valence-corrected chi connectivity index (χ4v) is 2.37. The molecule has 0 bridgehead atoms. The van der Waals surface area contributed by atoms with E-state index in [-0.39, 0.29) is 17.4 Å². The van der Waals surface area contributed by atoms with E-state index in [0.29, 0.717) is 0 Å². The third-order valence-electron chi connectivity index (χ3n) is 3.05. The molecular formula is C10H20N2O. The summed E-state index contributed by atoms with van der Waals surface area (Å²) in [5.41, 5.74) is 5.96. The Morgan fingerprint density at radius 3 is 2.31 bits per heavy atom. The molecule has 0 aliphatic carbocycles. The van der Waals surface area contributed by atoms with E-state index in [2.05, 4.69) is 19.2 Å². The maximum Gasteiger partial charge on any atom is 0.237 e. The Morgan fingerprint density at radius 1 is 1.46 bits per heavy atom. The molecule has 0 aromatic rings. The van der Waals surface area contributed by atoms with Crippen molar-refractivity contribution in [1.29, 1.82) is 0 Å². The molecule has 0 spiro atoms. The Balaban J connectivity index is 2.72. The zero-order valence-corrected chi connectivity index (χ0v) is 8.60. The number of nitrogens with one attached hydrogen (secondary N) is 1. The summed E-state index contributed by atoms with van der Waals surface area (Å²) in [6, 6.07) is -0.285.